The van der Waals surface area contributed by atoms with Crippen LogP contribution in [0.2, 0.25) is 5.02 Å². The fourth-order valence-corrected chi connectivity index (χ4v) is 2.08. The van der Waals surface area contributed by atoms with Crippen molar-refractivity contribution in [1.29, 1.82) is 0 Å². The van der Waals surface area contributed by atoms with Crippen molar-refractivity contribution in [3.63, 3.8) is 0 Å². The smallest absolute Gasteiger partial charge is 0.328 e. The van der Waals surface area contributed by atoms with Crippen LogP contribution in [0.1, 0.15) is 10.4 Å². The average Bonchev–Trinajstić information content (AvgIpc) is 2.38. The molecule has 0 bridgehead atoms. The Hall–Kier alpha value is -2.08. The zero-order valence-electron chi connectivity index (χ0n) is 9.80. The highest BCUT2D eigenvalue weighted by molar-refractivity contribution is 6.33. The Kier molecular flexibility index (Phi) is 3.71. The summed E-state index contributed by atoms with van der Waals surface area (Å²) >= 11 is 5.91. The summed E-state index contributed by atoms with van der Waals surface area (Å²) < 4.78 is 0. The van der Waals surface area contributed by atoms with E-state index in [9.17, 15) is 14.4 Å². The normalized spacial score (nSPS) is 18.9. The van der Waals surface area contributed by atoms with Crippen molar-refractivity contribution in [3.8, 4) is 0 Å². The van der Waals surface area contributed by atoms with Gasteiger partial charge in [0.05, 0.1) is 10.6 Å². The molecular formula is C12H11ClN2O4. The fraction of sp³-hybridized carbons (Fsp3) is 0.250. The molecule has 19 heavy (non-hydrogen) atoms. The number of carbonyl (C=O) groups excluding carboxylic acids is 2. The number of aliphatic carboxylic acids is 1. The maximum atomic E-state index is 12.3. The van der Waals surface area contributed by atoms with Crippen LogP contribution in [-0.2, 0) is 9.59 Å². The largest absolute Gasteiger partial charge is 0.480 e. The molecule has 2 rings (SSSR count). The number of nitrogens with one attached hydrogen (secondary N) is 1. The van der Waals surface area contributed by atoms with Crippen LogP contribution in [0, 0.1) is 0 Å². The van der Waals surface area contributed by atoms with E-state index in [1.165, 1.54) is 12.1 Å². The van der Waals surface area contributed by atoms with Crippen molar-refractivity contribution in [2.45, 2.75) is 6.04 Å². The van der Waals surface area contributed by atoms with Gasteiger partial charge in [-0.25, -0.2) is 4.79 Å². The highest BCUT2D eigenvalue weighted by Crippen LogP contribution is 2.19. The van der Waals surface area contributed by atoms with Crippen LogP contribution >= 0.6 is 11.6 Å². The van der Waals surface area contributed by atoms with E-state index < -0.39 is 23.8 Å². The summed E-state index contributed by atoms with van der Waals surface area (Å²) in [7, 11) is 0. The summed E-state index contributed by atoms with van der Waals surface area (Å²) in [6, 6.07) is 5.24. The van der Waals surface area contributed by atoms with E-state index in [2.05, 4.69) is 5.32 Å². The summed E-state index contributed by atoms with van der Waals surface area (Å²) in [6.07, 6.45) is 0. The van der Waals surface area contributed by atoms with Crippen molar-refractivity contribution >= 4 is 29.4 Å². The molecule has 7 heteroatoms. The van der Waals surface area contributed by atoms with E-state index >= 15 is 0 Å². The van der Waals surface area contributed by atoms with Gasteiger partial charge in [0.1, 0.15) is 12.6 Å². The molecule has 1 unspecified atom stereocenters. The topological polar surface area (TPSA) is 86.7 Å². The van der Waals surface area contributed by atoms with Gasteiger partial charge in [0, 0.05) is 6.54 Å². The lowest BCUT2D eigenvalue weighted by Gasteiger charge is -2.32. The number of halogens is 1. The summed E-state index contributed by atoms with van der Waals surface area (Å²) in [4.78, 5) is 35.7. The van der Waals surface area contributed by atoms with Crippen LogP contribution < -0.4 is 5.32 Å². The van der Waals surface area contributed by atoms with Gasteiger partial charge in [-0.3, -0.25) is 9.59 Å². The van der Waals surface area contributed by atoms with Crippen molar-refractivity contribution in [2.75, 3.05) is 13.1 Å². The van der Waals surface area contributed by atoms with E-state index in [1.807, 2.05) is 0 Å². The molecule has 6 nitrogen and oxygen atoms in total. The summed E-state index contributed by atoms with van der Waals surface area (Å²) in [6.45, 7) is -0.397. The first-order valence-corrected chi connectivity index (χ1v) is 5.93. The first-order valence-electron chi connectivity index (χ1n) is 5.55. The third-order valence-electron chi connectivity index (χ3n) is 2.83. The predicted octanol–water partition coefficient (Wildman–Crippen LogP) is 0.365. The molecule has 0 aromatic heterocycles. The molecular weight excluding hydrogens is 272 g/mol. The minimum absolute atomic E-state index is 0.107. The maximum Gasteiger partial charge on any atom is 0.328 e. The van der Waals surface area contributed by atoms with Gasteiger partial charge < -0.3 is 15.3 Å². The van der Waals surface area contributed by atoms with Crippen LogP contribution in [0.5, 0.6) is 0 Å². The summed E-state index contributed by atoms with van der Waals surface area (Å²) in [5.41, 5.74) is 0.185. The second-order valence-corrected chi connectivity index (χ2v) is 4.48. The van der Waals surface area contributed by atoms with Crippen LogP contribution in [0.4, 0.5) is 0 Å². The van der Waals surface area contributed by atoms with Crippen LogP contribution in [0.15, 0.2) is 24.3 Å². The molecule has 1 aliphatic heterocycles. The van der Waals surface area contributed by atoms with Gasteiger partial charge >= 0.3 is 5.97 Å². The van der Waals surface area contributed by atoms with E-state index in [0.29, 0.717) is 0 Å². The summed E-state index contributed by atoms with van der Waals surface area (Å²) in [5.74, 6) is -2.12. The number of amides is 2. The zero-order chi connectivity index (χ0) is 14.0. The number of benzene rings is 1. The number of piperazine rings is 1. The number of hydrogen-bond donors (Lipinski definition) is 2. The number of hydrogen-bond acceptors (Lipinski definition) is 3. The lowest BCUT2D eigenvalue weighted by atomic mass is 10.1. The Bertz CT molecular complexity index is 546. The maximum absolute atomic E-state index is 12.3. The Labute approximate surface area is 114 Å². The third-order valence-corrected chi connectivity index (χ3v) is 3.16. The lowest BCUT2D eigenvalue weighted by molar-refractivity contribution is -0.144. The highest BCUT2D eigenvalue weighted by Gasteiger charge is 2.36. The van der Waals surface area contributed by atoms with Crippen LogP contribution in [0.25, 0.3) is 0 Å². The second-order valence-electron chi connectivity index (χ2n) is 4.07. The van der Waals surface area contributed by atoms with Gasteiger partial charge in [-0.1, -0.05) is 23.7 Å². The minimum Gasteiger partial charge on any atom is -0.480 e. The van der Waals surface area contributed by atoms with Crippen molar-refractivity contribution < 1.29 is 19.5 Å². The first-order chi connectivity index (χ1) is 9.00. The summed E-state index contributed by atoms with van der Waals surface area (Å²) in [5, 5.41) is 11.7. The third kappa shape index (κ3) is 2.68. The molecule has 0 saturated carbocycles. The standard InChI is InChI=1S/C12H11ClN2O4/c13-8-4-2-1-3-7(8)11(17)15-6-10(16)14-5-9(15)12(18)19/h1-4,9H,5-6H2,(H,14,16)(H,18,19). The SMILES string of the molecule is O=C1CN(C(=O)c2ccccc2Cl)C(C(=O)O)CN1. The quantitative estimate of drug-likeness (QED) is 0.820. The molecule has 0 aliphatic carbocycles. The number of carboxylic acids is 1. The number of nitrogens with zero attached hydrogens (tertiary/aromatic N) is 1. The molecule has 1 heterocycles. The predicted molar refractivity (Wildman–Crippen MR) is 66.9 cm³/mol. The van der Waals surface area contributed by atoms with Crippen molar-refractivity contribution in [2.24, 2.45) is 0 Å². The van der Waals surface area contributed by atoms with Crippen molar-refractivity contribution in [3.05, 3.63) is 34.9 Å². The van der Waals surface area contributed by atoms with Gasteiger partial charge in [0.2, 0.25) is 5.91 Å². The molecule has 1 aromatic rings. The van der Waals surface area contributed by atoms with Crippen LogP contribution in [0.3, 0.4) is 0 Å². The van der Waals surface area contributed by atoms with E-state index in [0.717, 1.165) is 4.90 Å². The Balaban J connectivity index is 2.32. The number of rotatable bonds is 2. The molecule has 1 aliphatic rings. The molecule has 2 amide bonds. The first kappa shape index (κ1) is 13.4. The molecule has 2 N–H and O–H groups in total. The molecule has 1 atom stereocenters. The highest BCUT2D eigenvalue weighted by atomic mass is 35.5. The molecule has 1 aromatic carbocycles. The second kappa shape index (κ2) is 5.27. The van der Waals surface area contributed by atoms with Gasteiger partial charge in [-0.15, -0.1) is 0 Å². The molecule has 0 radical (unpaired) electrons. The minimum atomic E-state index is -1.17. The van der Waals surface area contributed by atoms with E-state index in [1.54, 1.807) is 12.1 Å². The molecule has 1 fully saturated rings. The fourth-order valence-electron chi connectivity index (χ4n) is 1.86. The lowest BCUT2D eigenvalue weighted by Crippen LogP contribution is -2.59. The van der Waals surface area contributed by atoms with Gasteiger partial charge in [-0.05, 0) is 12.1 Å². The number of carboxylic acid groups (broad SMARTS) is 1. The Morgan fingerprint density at radius 2 is 2.05 bits per heavy atom. The van der Waals surface area contributed by atoms with Gasteiger partial charge in [0.15, 0.2) is 0 Å². The van der Waals surface area contributed by atoms with Gasteiger partial charge in [-0.2, -0.15) is 0 Å². The number of carbonyl (C=O) groups is 3. The monoisotopic (exact) mass is 282 g/mol. The van der Waals surface area contributed by atoms with E-state index in [-0.39, 0.29) is 23.7 Å². The zero-order valence-corrected chi connectivity index (χ0v) is 10.6. The van der Waals surface area contributed by atoms with Crippen molar-refractivity contribution in [1.82, 2.24) is 10.2 Å². The van der Waals surface area contributed by atoms with Crippen LogP contribution in [-0.4, -0.2) is 46.9 Å². The molecule has 1 saturated heterocycles. The Morgan fingerprint density at radius 3 is 2.68 bits per heavy atom. The molecule has 0 spiro atoms. The molecule has 100 valence electrons. The average molecular weight is 283 g/mol. The van der Waals surface area contributed by atoms with Gasteiger partial charge in [0.25, 0.3) is 5.91 Å². The Morgan fingerprint density at radius 1 is 1.37 bits per heavy atom. The van der Waals surface area contributed by atoms with E-state index in [4.69, 9.17) is 16.7 Å².